The van der Waals surface area contributed by atoms with E-state index in [2.05, 4.69) is 22.3 Å². The zero-order valence-electron chi connectivity index (χ0n) is 11.5. The van der Waals surface area contributed by atoms with Gasteiger partial charge in [-0.1, -0.05) is 64.1 Å². The van der Waals surface area contributed by atoms with Gasteiger partial charge in [0, 0.05) is 10.8 Å². The van der Waals surface area contributed by atoms with E-state index in [0.717, 1.165) is 21.8 Å². The Morgan fingerprint density at radius 3 is 1.28 bits per heavy atom. The molecule has 0 N–H and O–H groups in total. The van der Waals surface area contributed by atoms with Gasteiger partial charge in [-0.2, -0.15) is 0 Å². The molecule has 18 heavy (non-hydrogen) atoms. The molecule has 2 heteroatoms. The second-order valence-electron chi connectivity index (χ2n) is 3.23. The molecule has 2 aromatic carbocycles. The van der Waals surface area contributed by atoms with Crippen molar-refractivity contribution in [1.29, 1.82) is 0 Å². The van der Waals surface area contributed by atoms with Crippen molar-refractivity contribution in [3.05, 3.63) is 48.5 Å². The van der Waals surface area contributed by atoms with Crippen LogP contribution in [-0.2, 0) is 0 Å². The quantitative estimate of drug-likeness (QED) is 0.526. The highest BCUT2D eigenvalue weighted by Crippen LogP contribution is 2.20. The van der Waals surface area contributed by atoms with Crippen LogP contribution in [0.15, 0.2) is 48.5 Å². The van der Waals surface area contributed by atoms with Crippen molar-refractivity contribution >= 4 is 21.8 Å². The van der Waals surface area contributed by atoms with Crippen molar-refractivity contribution in [2.75, 3.05) is 0 Å². The third-order valence-corrected chi connectivity index (χ3v) is 2.36. The Morgan fingerprint density at radius 2 is 0.889 bits per heavy atom. The predicted octanol–water partition coefficient (Wildman–Crippen LogP) is 4.84. The van der Waals surface area contributed by atoms with Gasteiger partial charge in [-0.3, -0.25) is 0 Å². The molecule has 0 amide bonds. The topological polar surface area (TPSA) is 25.8 Å². The Balaban J connectivity index is 0.000000371. The van der Waals surface area contributed by atoms with Crippen LogP contribution in [0.5, 0.6) is 0 Å². The lowest BCUT2D eigenvalue weighted by molar-refractivity contribution is 1.12. The molecule has 1 heterocycles. The van der Waals surface area contributed by atoms with Crippen molar-refractivity contribution in [3.63, 3.8) is 0 Å². The normalized spacial score (nSPS) is 9.11. The zero-order chi connectivity index (χ0) is 13.4. The van der Waals surface area contributed by atoms with Gasteiger partial charge in [0.2, 0.25) is 0 Å². The largest absolute Gasteiger partial charge is 0.150 e. The van der Waals surface area contributed by atoms with Crippen molar-refractivity contribution in [3.8, 4) is 0 Å². The van der Waals surface area contributed by atoms with Crippen LogP contribution in [0.4, 0.5) is 0 Å². The molecule has 0 bridgehead atoms. The van der Waals surface area contributed by atoms with Crippen LogP contribution < -0.4 is 0 Å². The maximum absolute atomic E-state index is 4.16. The van der Waals surface area contributed by atoms with E-state index in [-0.39, 0.29) is 0 Å². The molecule has 3 rings (SSSR count). The Hall–Kier alpha value is -1.96. The maximum Gasteiger partial charge on any atom is 0.0936 e. The Bertz CT molecular complexity index is 548. The van der Waals surface area contributed by atoms with Crippen LogP contribution in [-0.4, -0.2) is 10.2 Å². The van der Waals surface area contributed by atoms with E-state index in [0.29, 0.717) is 0 Å². The molecule has 0 fully saturated rings. The van der Waals surface area contributed by atoms with Crippen LogP contribution >= 0.6 is 0 Å². The fourth-order valence-corrected chi connectivity index (χ4v) is 1.68. The standard InChI is InChI=1S/C12H8N2.2C2H6/c1-3-7-11-9(5-1)10-6-2-4-8-12(10)14-13-11;2*1-2/h1-8H;2*1-2H3. The van der Waals surface area contributed by atoms with Crippen molar-refractivity contribution in [2.45, 2.75) is 27.7 Å². The molecule has 0 aliphatic carbocycles. The molecule has 0 unspecified atom stereocenters. The number of hydrogen-bond donors (Lipinski definition) is 0. The van der Waals surface area contributed by atoms with Crippen molar-refractivity contribution in [1.82, 2.24) is 10.2 Å². The van der Waals surface area contributed by atoms with E-state index in [1.165, 1.54) is 0 Å². The monoisotopic (exact) mass is 240 g/mol. The van der Waals surface area contributed by atoms with Gasteiger partial charge in [-0.15, -0.1) is 10.2 Å². The van der Waals surface area contributed by atoms with Crippen LogP contribution in [0.3, 0.4) is 0 Å². The Kier molecular flexibility index (Phi) is 5.78. The van der Waals surface area contributed by atoms with Gasteiger partial charge < -0.3 is 0 Å². The third kappa shape index (κ3) is 2.83. The van der Waals surface area contributed by atoms with Gasteiger partial charge in [0.1, 0.15) is 0 Å². The second-order valence-corrected chi connectivity index (χ2v) is 3.23. The van der Waals surface area contributed by atoms with Gasteiger partial charge in [0.15, 0.2) is 0 Å². The van der Waals surface area contributed by atoms with Crippen LogP contribution in [0.2, 0.25) is 0 Å². The maximum atomic E-state index is 4.16. The smallest absolute Gasteiger partial charge is 0.0936 e. The number of benzene rings is 2. The van der Waals surface area contributed by atoms with Gasteiger partial charge in [-0.25, -0.2) is 0 Å². The highest BCUT2D eigenvalue weighted by Gasteiger charge is 1.99. The molecule has 1 aromatic heterocycles. The van der Waals surface area contributed by atoms with E-state index < -0.39 is 0 Å². The van der Waals surface area contributed by atoms with E-state index in [4.69, 9.17) is 0 Å². The highest BCUT2D eigenvalue weighted by atomic mass is 15.1. The van der Waals surface area contributed by atoms with Crippen LogP contribution in [0.25, 0.3) is 21.8 Å². The summed E-state index contributed by atoms with van der Waals surface area (Å²) < 4.78 is 0. The average Bonchev–Trinajstić information content (AvgIpc) is 2.51. The lowest BCUT2D eigenvalue weighted by atomic mass is 10.1. The van der Waals surface area contributed by atoms with E-state index >= 15 is 0 Å². The summed E-state index contributed by atoms with van der Waals surface area (Å²) in [5.74, 6) is 0. The summed E-state index contributed by atoms with van der Waals surface area (Å²) in [6.07, 6.45) is 0. The van der Waals surface area contributed by atoms with E-state index in [9.17, 15) is 0 Å². The van der Waals surface area contributed by atoms with E-state index in [1.807, 2.05) is 64.1 Å². The Labute approximate surface area is 109 Å². The molecule has 94 valence electrons. The average molecular weight is 240 g/mol. The molecule has 0 atom stereocenters. The minimum atomic E-state index is 0.950. The van der Waals surface area contributed by atoms with Crippen LogP contribution in [0, 0.1) is 0 Å². The van der Waals surface area contributed by atoms with E-state index in [1.54, 1.807) is 0 Å². The van der Waals surface area contributed by atoms with Crippen molar-refractivity contribution < 1.29 is 0 Å². The molecule has 0 saturated heterocycles. The summed E-state index contributed by atoms with van der Waals surface area (Å²) in [5.41, 5.74) is 1.90. The van der Waals surface area contributed by atoms with Crippen molar-refractivity contribution in [2.24, 2.45) is 0 Å². The summed E-state index contributed by atoms with van der Waals surface area (Å²) >= 11 is 0. The molecule has 0 saturated carbocycles. The third-order valence-electron chi connectivity index (χ3n) is 2.36. The molecule has 3 aromatic rings. The zero-order valence-corrected chi connectivity index (χ0v) is 11.5. The molecular formula is C16H20N2. The van der Waals surface area contributed by atoms with Crippen LogP contribution in [0.1, 0.15) is 27.7 Å². The molecule has 0 aliphatic rings. The lowest BCUT2D eigenvalue weighted by Crippen LogP contribution is -1.85. The molecule has 0 radical (unpaired) electrons. The second kappa shape index (κ2) is 7.38. The molecule has 0 aliphatic heterocycles. The summed E-state index contributed by atoms with van der Waals surface area (Å²) in [7, 11) is 0. The first-order chi connectivity index (χ1) is 8.95. The SMILES string of the molecule is CC.CC.c1ccc2c(c1)nnc1ccccc12. The summed E-state index contributed by atoms with van der Waals surface area (Å²) in [5, 5.41) is 10.6. The molecule has 0 spiro atoms. The van der Waals surface area contributed by atoms with Gasteiger partial charge in [-0.05, 0) is 12.1 Å². The fraction of sp³-hybridized carbons (Fsp3) is 0.250. The summed E-state index contributed by atoms with van der Waals surface area (Å²) in [4.78, 5) is 0. The highest BCUT2D eigenvalue weighted by molar-refractivity contribution is 6.03. The van der Waals surface area contributed by atoms with Gasteiger partial charge >= 0.3 is 0 Å². The number of aromatic nitrogens is 2. The molecule has 2 nitrogen and oxygen atoms in total. The minimum Gasteiger partial charge on any atom is -0.150 e. The summed E-state index contributed by atoms with van der Waals surface area (Å²) in [6, 6.07) is 16.1. The minimum absolute atomic E-state index is 0.950. The number of hydrogen-bond acceptors (Lipinski definition) is 2. The Morgan fingerprint density at radius 1 is 0.556 bits per heavy atom. The fourth-order valence-electron chi connectivity index (χ4n) is 1.68. The first-order valence-corrected chi connectivity index (χ1v) is 6.55. The number of rotatable bonds is 0. The predicted molar refractivity (Wildman–Crippen MR) is 79.7 cm³/mol. The summed E-state index contributed by atoms with van der Waals surface area (Å²) in [6.45, 7) is 8.00. The van der Waals surface area contributed by atoms with Gasteiger partial charge in [0.25, 0.3) is 0 Å². The van der Waals surface area contributed by atoms with Gasteiger partial charge in [0.05, 0.1) is 11.0 Å². The number of nitrogens with zero attached hydrogens (tertiary/aromatic N) is 2. The lowest BCUT2D eigenvalue weighted by Gasteiger charge is -1.99. The first-order valence-electron chi connectivity index (χ1n) is 6.55. The first kappa shape index (κ1) is 14.1. The number of fused-ring (bicyclic) bond motifs is 3. The molecular weight excluding hydrogens is 220 g/mol.